The average molecular weight is 271 g/mol. The summed E-state index contributed by atoms with van der Waals surface area (Å²) in [6, 6.07) is 1.32. The lowest BCUT2D eigenvalue weighted by atomic mass is 10.2. The van der Waals surface area contributed by atoms with E-state index in [2.05, 4.69) is 10.3 Å². The number of anilines is 1. The van der Waals surface area contributed by atoms with Gasteiger partial charge in [0.1, 0.15) is 5.82 Å². The van der Waals surface area contributed by atoms with Crippen LogP contribution < -0.4 is 5.32 Å². The van der Waals surface area contributed by atoms with E-state index >= 15 is 0 Å². The van der Waals surface area contributed by atoms with Crippen molar-refractivity contribution in [2.24, 2.45) is 0 Å². The summed E-state index contributed by atoms with van der Waals surface area (Å²) >= 11 is 1.38. The summed E-state index contributed by atoms with van der Waals surface area (Å²) < 4.78 is 26.5. The fraction of sp³-hybridized carbons (Fsp3) is 0.100. The Labute approximate surface area is 104 Å². The number of benzene rings is 1. The van der Waals surface area contributed by atoms with Crippen molar-refractivity contribution < 1.29 is 13.7 Å². The fourth-order valence-corrected chi connectivity index (χ4v) is 1.88. The molecule has 0 fully saturated rings. The van der Waals surface area contributed by atoms with Crippen LogP contribution in [0.15, 0.2) is 23.0 Å². The molecule has 1 heterocycles. The highest BCUT2D eigenvalue weighted by Gasteiger charge is 2.18. The number of hydrogen-bond donors (Lipinski definition) is 1. The second-order valence-electron chi connectivity index (χ2n) is 3.37. The molecule has 0 saturated carbocycles. The highest BCUT2D eigenvalue weighted by molar-refractivity contribution is 7.07. The van der Waals surface area contributed by atoms with Crippen LogP contribution in [0.1, 0.15) is 5.69 Å². The van der Waals surface area contributed by atoms with Crippen LogP contribution in [0.25, 0.3) is 0 Å². The predicted octanol–water partition coefficient (Wildman–Crippen LogP) is 2.94. The lowest BCUT2D eigenvalue weighted by molar-refractivity contribution is -0.387. The van der Waals surface area contributed by atoms with Crippen LogP contribution in [0, 0.1) is 21.7 Å². The van der Waals surface area contributed by atoms with Crippen LogP contribution in [0.5, 0.6) is 0 Å². The molecule has 0 spiro atoms. The van der Waals surface area contributed by atoms with Crippen molar-refractivity contribution in [3.8, 4) is 0 Å². The zero-order valence-corrected chi connectivity index (χ0v) is 9.71. The Morgan fingerprint density at radius 2 is 2.17 bits per heavy atom. The molecular formula is C10H7F2N3O2S. The van der Waals surface area contributed by atoms with Gasteiger partial charge in [-0.2, -0.15) is 4.39 Å². The maximum atomic E-state index is 13.4. The molecule has 8 heteroatoms. The second-order valence-corrected chi connectivity index (χ2v) is 4.09. The molecule has 0 amide bonds. The molecule has 0 atom stereocenters. The van der Waals surface area contributed by atoms with E-state index in [1.807, 2.05) is 0 Å². The molecule has 0 radical (unpaired) electrons. The Kier molecular flexibility index (Phi) is 3.47. The number of halogens is 2. The van der Waals surface area contributed by atoms with E-state index in [9.17, 15) is 18.9 Å². The molecule has 1 aromatic heterocycles. The predicted molar refractivity (Wildman–Crippen MR) is 62.5 cm³/mol. The summed E-state index contributed by atoms with van der Waals surface area (Å²) in [5.41, 5.74) is 1.39. The number of nitro groups is 1. The van der Waals surface area contributed by atoms with Gasteiger partial charge < -0.3 is 5.32 Å². The molecule has 0 aliphatic heterocycles. The molecule has 0 bridgehead atoms. The molecule has 1 N–H and O–H groups in total. The maximum Gasteiger partial charge on any atom is 0.307 e. The van der Waals surface area contributed by atoms with Crippen LogP contribution in [0.4, 0.5) is 20.2 Å². The van der Waals surface area contributed by atoms with Crippen LogP contribution in [0.2, 0.25) is 0 Å². The van der Waals surface area contributed by atoms with Gasteiger partial charge in [0.25, 0.3) is 0 Å². The van der Waals surface area contributed by atoms with Gasteiger partial charge in [0.05, 0.1) is 28.4 Å². The lowest BCUT2D eigenvalue weighted by Crippen LogP contribution is -2.03. The minimum atomic E-state index is -1.20. The van der Waals surface area contributed by atoms with Gasteiger partial charge in [0.15, 0.2) is 0 Å². The number of nitrogens with one attached hydrogen (secondary N) is 1. The maximum absolute atomic E-state index is 13.4. The summed E-state index contributed by atoms with van der Waals surface area (Å²) in [7, 11) is 0. The van der Waals surface area contributed by atoms with E-state index < -0.39 is 22.2 Å². The molecular weight excluding hydrogens is 264 g/mol. The minimum Gasteiger partial charge on any atom is -0.377 e. The molecule has 1 aromatic carbocycles. The topological polar surface area (TPSA) is 68.1 Å². The van der Waals surface area contributed by atoms with Crippen molar-refractivity contribution in [1.29, 1.82) is 0 Å². The SMILES string of the molecule is O=[N+]([O-])c1cc(NCc2cscn2)c(F)cc1F. The van der Waals surface area contributed by atoms with Gasteiger partial charge in [-0.15, -0.1) is 11.3 Å². The summed E-state index contributed by atoms with van der Waals surface area (Å²) in [5, 5.41) is 14.9. The number of thiazole rings is 1. The number of rotatable bonds is 4. The van der Waals surface area contributed by atoms with Crippen molar-refractivity contribution in [3.05, 3.63) is 50.5 Å². The van der Waals surface area contributed by atoms with E-state index in [0.29, 0.717) is 11.8 Å². The van der Waals surface area contributed by atoms with Gasteiger partial charge in [-0.3, -0.25) is 10.1 Å². The third kappa shape index (κ3) is 2.59. The monoisotopic (exact) mass is 271 g/mol. The molecule has 0 unspecified atom stereocenters. The largest absolute Gasteiger partial charge is 0.377 e. The van der Waals surface area contributed by atoms with Gasteiger partial charge in [-0.05, 0) is 0 Å². The number of hydrogen-bond acceptors (Lipinski definition) is 5. The first-order chi connectivity index (χ1) is 8.58. The molecule has 0 aliphatic carbocycles. The third-order valence-corrected chi connectivity index (χ3v) is 2.81. The summed E-state index contributed by atoms with van der Waals surface area (Å²) in [6.07, 6.45) is 0. The first-order valence-electron chi connectivity index (χ1n) is 4.82. The Hall–Kier alpha value is -2.09. The number of nitrogens with zero attached hydrogens (tertiary/aromatic N) is 2. The first-order valence-corrected chi connectivity index (χ1v) is 5.76. The highest BCUT2D eigenvalue weighted by atomic mass is 32.1. The van der Waals surface area contributed by atoms with E-state index in [1.165, 1.54) is 11.3 Å². The zero-order valence-electron chi connectivity index (χ0n) is 8.89. The van der Waals surface area contributed by atoms with Crippen LogP contribution in [0.3, 0.4) is 0 Å². The average Bonchev–Trinajstić information content (AvgIpc) is 2.80. The molecule has 0 saturated heterocycles. The minimum absolute atomic E-state index is 0.129. The zero-order chi connectivity index (χ0) is 13.1. The molecule has 0 aliphatic rings. The molecule has 2 aromatic rings. The normalized spacial score (nSPS) is 10.3. The first kappa shape index (κ1) is 12.4. The summed E-state index contributed by atoms with van der Waals surface area (Å²) in [5.74, 6) is -2.08. The number of aromatic nitrogens is 1. The Morgan fingerprint density at radius 3 is 2.78 bits per heavy atom. The van der Waals surface area contributed by atoms with Crippen molar-refractivity contribution in [1.82, 2.24) is 4.98 Å². The van der Waals surface area contributed by atoms with Gasteiger partial charge >= 0.3 is 5.69 Å². The number of nitro benzene ring substituents is 1. The Morgan fingerprint density at radius 1 is 1.39 bits per heavy atom. The molecule has 94 valence electrons. The standard InChI is InChI=1S/C10H7F2N3O2S/c11-7-1-8(12)10(15(16)17)2-9(7)13-3-6-4-18-5-14-6/h1-2,4-5,13H,3H2. The third-order valence-electron chi connectivity index (χ3n) is 2.18. The van der Waals surface area contributed by atoms with Gasteiger partial charge in [0.2, 0.25) is 5.82 Å². The molecule has 5 nitrogen and oxygen atoms in total. The lowest BCUT2D eigenvalue weighted by Gasteiger charge is -2.06. The van der Waals surface area contributed by atoms with Crippen molar-refractivity contribution in [2.75, 3.05) is 5.32 Å². The van der Waals surface area contributed by atoms with Crippen molar-refractivity contribution >= 4 is 22.7 Å². The molecule has 18 heavy (non-hydrogen) atoms. The van der Waals surface area contributed by atoms with Crippen LogP contribution in [-0.4, -0.2) is 9.91 Å². The Balaban J connectivity index is 2.22. The van der Waals surface area contributed by atoms with Crippen molar-refractivity contribution in [3.63, 3.8) is 0 Å². The fourth-order valence-electron chi connectivity index (χ4n) is 1.32. The van der Waals surface area contributed by atoms with E-state index in [0.717, 1.165) is 6.07 Å². The van der Waals surface area contributed by atoms with Crippen LogP contribution >= 0.6 is 11.3 Å². The van der Waals surface area contributed by atoms with Gasteiger partial charge in [0, 0.05) is 17.5 Å². The van der Waals surface area contributed by atoms with Crippen molar-refractivity contribution in [2.45, 2.75) is 6.54 Å². The summed E-state index contributed by atoms with van der Waals surface area (Å²) in [4.78, 5) is 13.6. The quantitative estimate of drug-likeness (QED) is 0.685. The van der Waals surface area contributed by atoms with E-state index in [1.54, 1.807) is 10.9 Å². The van der Waals surface area contributed by atoms with E-state index in [4.69, 9.17) is 0 Å². The van der Waals surface area contributed by atoms with Crippen LogP contribution in [-0.2, 0) is 6.54 Å². The van der Waals surface area contributed by atoms with Gasteiger partial charge in [-0.1, -0.05) is 0 Å². The molecule has 2 rings (SSSR count). The van der Waals surface area contributed by atoms with Gasteiger partial charge in [-0.25, -0.2) is 9.37 Å². The van der Waals surface area contributed by atoms with E-state index in [-0.39, 0.29) is 12.2 Å². The smallest absolute Gasteiger partial charge is 0.307 e. The highest BCUT2D eigenvalue weighted by Crippen LogP contribution is 2.25. The second kappa shape index (κ2) is 5.05. The Bertz CT molecular complexity index is 575. The summed E-state index contributed by atoms with van der Waals surface area (Å²) in [6.45, 7) is 0.212.